The Morgan fingerprint density at radius 1 is 1.41 bits per heavy atom. The van der Waals surface area contributed by atoms with Gasteiger partial charge in [-0.1, -0.05) is 32.0 Å². The summed E-state index contributed by atoms with van der Waals surface area (Å²) in [5.74, 6) is 0.0370. The van der Waals surface area contributed by atoms with E-state index in [1.54, 1.807) is 0 Å². The molecule has 2 amide bonds. The van der Waals surface area contributed by atoms with E-state index < -0.39 is 6.09 Å². The molecule has 1 atom stereocenters. The number of amides is 2. The molecule has 1 saturated heterocycles. The predicted octanol–water partition coefficient (Wildman–Crippen LogP) is 3.10. The number of H-pyrrole nitrogens is 1. The molecule has 0 aliphatic carbocycles. The summed E-state index contributed by atoms with van der Waals surface area (Å²) in [6.45, 7) is 4.29. The number of aromatic nitrogens is 1. The van der Waals surface area contributed by atoms with Gasteiger partial charge in [-0.15, -0.1) is 0 Å². The maximum absolute atomic E-state index is 12.4. The van der Waals surface area contributed by atoms with Crippen LogP contribution in [0.15, 0.2) is 30.5 Å². The summed E-state index contributed by atoms with van der Waals surface area (Å²) in [6, 6.07) is 7.85. The number of benzene rings is 1. The van der Waals surface area contributed by atoms with Crippen LogP contribution in [0.25, 0.3) is 10.9 Å². The van der Waals surface area contributed by atoms with Crippen LogP contribution in [0.5, 0.6) is 0 Å². The van der Waals surface area contributed by atoms with Crippen molar-refractivity contribution >= 4 is 22.9 Å². The minimum Gasteiger partial charge on any atom is -0.447 e. The highest BCUT2D eigenvalue weighted by atomic mass is 16.6. The van der Waals surface area contributed by atoms with Crippen molar-refractivity contribution in [3.8, 4) is 0 Å². The lowest BCUT2D eigenvalue weighted by Gasteiger charge is -2.22. The quantitative estimate of drug-likeness (QED) is 0.943. The fourth-order valence-corrected chi connectivity index (χ4v) is 2.91. The minimum absolute atomic E-state index is 0.150. The van der Waals surface area contributed by atoms with Crippen molar-refractivity contribution in [2.75, 3.05) is 6.61 Å². The second-order valence-corrected chi connectivity index (χ2v) is 6.01. The Labute approximate surface area is 129 Å². The summed E-state index contributed by atoms with van der Waals surface area (Å²) in [7, 11) is 0. The highest BCUT2D eigenvalue weighted by Gasteiger charge is 2.39. The first-order valence-electron chi connectivity index (χ1n) is 7.61. The molecule has 116 valence electrons. The SMILES string of the molecule is CC(C)[C@@H]1COC(=O)N1C(=O)CCc1c[nH]c2ccccc12. The summed E-state index contributed by atoms with van der Waals surface area (Å²) >= 11 is 0. The lowest BCUT2D eigenvalue weighted by atomic mass is 10.0. The monoisotopic (exact) mass is 300 g/mol. The Morgan fingerprint density at radius 3 is 2.95 bits per heavy atom. The smallest absolute Gasteiger partial charge is 0.416 e. The highest BCUT2D eigenvalue weighted by Crippen LogP contribution is 2.23. The molecule has 1 aromatic carbocycles. The Morgan fingerprint density at radius 2 is 2.18 bits per heavy atom. The van der Waals surface area contributed by atoms with Gasteiger partial charge in [-0.25, -0.2) is 9.69 Å². The topological polar surface area (TPSA) is 62.4 Å². The summed E-state index contributed by atoms with van der Waals surface area (Å²) < 4.78 is 5.03. The van der Waals surface area contributed by atoms with E-state index in [-0.39, 0.29) is 17.9 Å². The van der Waals surface area contributed by atoms with Crippen molar-refractivity contribution in [1.82, 2.24) is 9.88 Å². The summed E-state index contributed by atoms with van der Waals surface area (Å²) in [4.78, 5) is 28.7. The first kappa shape index (κ1) is 14.6. The number of rotatable bonds is 4. The van der Waals surface area contributed by atoms with Crippen LogP contribution in [0.4, 0.5) is 4.79 Å². The van der Waals surface area contributed by atoms with Crippen LogP contribution in [-0.2, 0) is 16.0 Å². The molecule has 0 saturated carbocycles. The zero-order valence-corrected chi connectivity index (χ0v) is 12.8. The van der Waals surface area contributed by atoms with Crippen LogP contribution in [-0.4, -0.2) is 34.5 Å². The maximum atomic E-state index is 12.4. The fourth-order valence-electron chi connectivity index (χ4n) is 2.91. The molecule has 3 rings (SSSR count). The van der Waals surface area contributed by atoms with Gasteiger partial charge in [0.2, 0.25) is 5.91 Å². The molecule has 0 unspecified atom stereocenters. The first-order valence-corrected chi connectivity index (χ1v) is 7.61. The minimum atomic E-state index is -0.511. The second kappa shape index (κ2) is 5.83. The molecule has 5 heteroatoms. The molecule has 22 heavy (non-hydrogen) atoms. The molecule has 1 fully saturated rings. The zero-order valence-electron chi connectivity index (χ0n) is 12.8. The number of aryl methyl sites for hydroxylation is 1. The average Bonchev–Trinajstić information content (AvgIpc) is 3.08. The van der Waals surface area contributed by atoms with Crippen molar-refractivity contribution in [2.24, 2.45) is 5.92 Å². The molecule has 5 nitrogen and oxygen atoms in total. The van der Waals surface area contributed by atoms with Crippen LogP contribution >= 0.6 is 0 Å². The largest absolute Gasteiger partial charge is 0.447 e. The molecule has 1 aliphatic heterocycles. The highest BCUT2D eigenvalue weighted by molar-refractivity contribution is 5.94. The third kappa shape index (κ3) is 2.58. The molecule has 0 radical (unpaired) electrons. The number of hydrogen-bond acceptors (Lipinski definition) is 3. The maximum Gasteiger partial charge on any atom is 0.416 e. The Hall–Kier alpha value is -2.30. The molecule has 1 N–H and O–H groups in total. The van der Waals surface area contributed by atoms with Gasteiger partial charge >= 0.3 is 6.09 Å². The van der Waals surface area contributed by atoms with Crippen LogP contribution in [0.3, 0.4) is 0 Å². The van der Waals surface area contributed by atoms with Gasteiger partial charge < -0.3 is 9.72 Å². The van der Waals surface area contributed by atoms with Gasteiger partial charge in [0.15, 0.2) is 0 Å². The molecular formula is C17H20N2O3. The Kier molecular flexibility index (Phi) is 3.88. The number of fused-ring (bicyclic) bond motifs is 1. The van der Waals surface area contributed by atoms with Gasteiger partial charge in [-0.05, 0) is 24.0 Å². The number of imide groups is 1. The van der Waals surface area contributed by atoms with Crippen LogP contribution in [0, 0.1) is 5.92 Å². The molecule has 2 aromatic rings. The molecule has 0 bridgehead atoms. The summed E-state index contributed by atoms with van der Waals surface area (Å²) in [6.07, 6.45) is 2.33. The molecule has 1 aliphatic rings. The van der Waals surface area contributed by atoms with E-state index in [0.29, 0.717) is 19.4 Å². The van der Waals surface area contributed by atoms with Gasteiger partial charge in [-0.3, -0.25) is 4.79 Å². The van der Waals surface area contributed by atoms with Gasteiger partial charge in [0.25, 0.3) is 0 Å². The third-order valence-electron chi connectivity index (χ3n) is 4.23. The molecule has 1 aromatic heterocycles. The Balaban J connectivity index is 1.70. The number of aromatic amines is 1. The van der Waals surface area contributed by atoms with Gasteiger partial charge in [0, 0.05) is 23.5 Å². The average molecular weight is 300 g/mol. The van der Waals surface area contributed by atoms with E-state index in [2.05, 4.69) is 4.98 Å². The standard InChI is InChI=1S/C17H20N2O3/c1-11(2)15-10-22-17(21)19(15)16(20)8-7-12-9-18-14-6-4-3-5-13(12)14/h3-6,9,11,15,18H,7-8,10H2,1-2H3/t15-/m0/s1. The van der Waals surface area contributed by atoms with Crippen LogP contribution in [0.2, 0.25) is 0 Å². The number of ether oxygens (including phenoxy) is 1. The second-order valence-electron chi connectivity index (χ2n) is 6.01. The summed E-state index contributed by atoms with van der Waals surface area (Å²) in [5, 5.41) is 1.12. The predicted molar refractivity (Wildman–Crippen MR) is 83.4 cm³/mol. The summed E-state index contributed by atoms with van der Waals surface area (Å²) in [5.41, 5.74) is 2.16. The van der Waals surface area contributed by atoms with Gasteiger partial charge in [-0.2, -0.15) is 0 Å². The molecular weight excluding hydrogens is 280 g/mol. The van der Waals surface area contributed by atoms with Gasteiger partial charge in [0.05, 0.1) is 6.04 Å². The lowest BCUT2D eigenvalue weighted by molar-refractivity contribution is -0.129. The normalized spacial score (nSPS) is 18.2. The van der Waals surface area contributed by atoms with Crippen molar-refractivity contribution in [3.05, 3.63) is 36.0 Å². The van der Waals surface area contributed by atoms with Crippen molar-refractivity contribution < 1.29 is 14.3 Å². The van der Waals surface area contributed by atoms with E-state index in [1.165, 1.54) is 4.90 Å². The number of carbonyl (C=O) groups excluding carboxylic acids is 2. The fraction of sp³-hybridized carbons (Fsp3) is 0.412. The van der Waals surface area contributed by atoms with Crippen molar-refractivity contribution in [3.63, 3.8) is 0 Å². The molecule has 2 heterocycles. The molecule has 0 spiro atoms. The van der Waals surface area contributed by atoms with E-state index in [9.17, 15) is 9.59 Å². The first-order chi connectivity index (χ1) is 10.6. The van der Waals surface area contributed by atoms with Gasteiger partial charge in [0.1, 0.15) is 6.61 Å². The number of carbonyl (C=O) groups is 2. The number of nitrogens with one attached hydrogen (secondary N) is 1. The number of para-hydroxylation sites is 1. The van der Waals surface area contributed by atoms with E-state index >= 15 is 0 Å². The van der Waals surface area contributed by atoms with Crippen molar-refractivity contribution in [1.29, 1.82) is 0 Å². The lowest BCUT2D eigenvalue weighted by Crippen LogP contribution is -2.41. The number of hydrogen-bond donors (Lipinski definition) is 1. The van der Waals surface area contributed by atoms with Crippen molar-refractivity contribution in [2.45, 2.75) is 32.7 Å². The van der Waals surface area contributed by atoms with Crippen LogP contribution < -0.4 is 0 Å². The van der Waals surface area contributed by atoms with Crippen LogP contribution in [0.1, 0.15) is 25.8 Å². The number of nitrogens with zero attached hydrogens (tertiary/aromatic N) is 1. The zero-order chi connectivity index (χ0) is 15.7. The Bertz CT molecular complexity index is 705. The van der Waals surface area contributed by atoms with E-state index in [4.69, 9.17) is 4.74 Å². The van der Waals surface area contributed by atoms with E-state index in [0.717, 1.165) is 16.5 Å². The third-order valence-corrected chi connectivity index (χ3v) is 4.23. The number of cyclic esters (lactones) is 1. The van der Waals surface area contributed by atoms with E-state index in [1.807, 2.05) is 44.3 Å².